The van der Waals surface area contributed by atoms with Gasteiger partial charge in [0.25, 0.3) is 0 Å². The van der Waals surface area contributed by atoms with Gasteiger partial charge in [-0.05, 0) is 12.8 Å². The second-order valence-corrected chi connectivity index (χ2v) is 3.62. The Morgan fingerprint density at radius 2 is 2.08 bits per heavy atom. The van der Waals surface area contributed by atoms with E-state index in [2.05, 4.69) is 10.4 Å². The molecular formula is C8H17N3O. The molecule has 0 aliphatic carbocycles. The molecule has 0 aromatic carbocycles. The van der Waals surface area contributed by atoms with Crippen molar-refractivity contribution >= 4 is 0 Å². The maximum absolute atomic E-state index is 5.80. The zero-order valence-electron chi connectivity index (χ0n) is 7.33. The van der Waals surface area contributed by atoms with Crippen molar-refractivity contribution in [1.82, 2.24) is 10.4 Å². The molecule has 2 aliphatic rings. The Kier molecular flexibility index (Phi) is 2.60. The zero-order chi connectivity index (χ0) is 8.39. The number of ether oxygens (including phenoxy) is 1. The van der Waals surface area contributed by atoms with E-state index in [1.165, 1.54) is 0 Å². The summed E-state index contributed by atoms with van der Waals surface area (Å²) in [5.74, 6) is 0. The number of nitrogens with one attached hydrogen (secondary N) is 1. The first-order valence-electron chi connectivity index (χ1n) is 4.70. The van der Waals surface area contributed by atoms with Crippen LogP contribution in [0.2, 0.25) is 0 Å². The Morgan fingerprint density at radius 3 is 2.67 bits per heavy atom. The molecule has 3 N–H and O–H groups in total. The van der Waals surface area contributed by atoms with Crippen molar-refractivity contribution in [1.29, 1.82) is 0 Å². The van der Waals surface area contributed by atoms with Gasteiger partial charge in [0, 0.05) is 38.4 Å². The number of rotatable bonds is 1. The Labute approximate surface area is 73.0 Å². The Balaban J connectivity index is 1.83. The van der Waals surface area contributed by atoms with Gasteiger partial charge in [0.15, 0.2) is 0 Å². The Hall–Kier alpha value is -0.160. The normalized spacial score (nSPS) is 34.2. The topological polar surface area (TPSA) is 50.5 Å². The summed E-state index contributed by atoms with van der Waals surface area (Å²) in [6, 6.07) is 0.958. The molecule has 12 heavy (non-hydrogen) atoms. The molecule has 0 aromatic rings. The summed E-state index contributed by atoms with van der Waals surface area (Å²) < 4.78 is 5.30. The second-order valence-electron chi connectivity index (χ2n) is 3.62. The minimum absolute atomic E-state index is 0.313. The van der Waals surface area contributed by atoms with Crippen LogP contribution in [0.3, 0.4) is 0 Å². The highest BCUT2D eigenvalue weighted by Gasteiger charge is 2.27. The van der Waals surface area contributed by atoms with Crippen LogP contribution in [0.4, 0.5) is 0 Å². The van der Waals surface area contributed by atoms with E-state index >= 15 is 0 Å². The molecule has 70 valence electrons. The van der Waals surface area contributed by atoms with E-state index in [4.69, 9.17) is 10.5 Å². The van der Waals surface area contributed by atoms with Crippen molar-refractivity contribution in [3.05, 3.63) is 0 Å². The summed E-state index contributed by atoms with van der Waals surface area (Å²) in [6.45, 7) is 3.72. The molecule has 0 radical (unpaired) electrons. The third-order valence-corrected chi connectivity index (χ3v) is 2.62. The largest absolute Gasteiger partial charge is 0.381 e. The maximum Gasteiger partial charge on any atom is 0.0481 e. The van der Waals surface area contributed by atoms with Gasteiger partial charge in [-0.25, -0.2) is 5.01 Å². The summed E-state index contributed by atoms with van der Waals surface area (Å²) in [4.78, 5) is 0. The van der Waals surface area contributed by atoms with E-state index in [0.717, 1.165) is 39.1 Å². The van der Waals surface area contributed by atoms with Crippen molar-refractivity contribution < 1.29 is 4.74 Å². The lowest BCUT2D eigenvalue weighted by atomic mass is 10.1. The van der Waals surface area contributed by atoms with Crippen LogP contribution in [0.1, 0.15) is 12.8 Å². The summed E-state index contributed by atoms with van der Waals surface area (Å²) >= 11 is 0. The van der Waals surface area contributed by atoms with Crippen LogP contribution in [-0.4, -0.2) is 43.4 Å². The molecule has 2 rings (SSSR count). The highest BCUT2D eigenvalue weighted by atomic mass is 16.5. The monoisotopic (exact) mass is 171 g/mol. The Morgan fingerprint density at radius 1 is 1.33 bits per heavy atom. The van der Waals surface area contributed by atoms with E-state index in [9.17, 15) is 0 Å². The molecule has 4 nitrogen and oxygen atoms in total. The number of nitrogens with two attached hydrogens (primary N) is 1. The second kappa shape index (κ2) is 3.70. The van der Waals surface area contributed by atoms with Gasteiger partial charge >= 0.3 is 0 Å². The smallest absolute Gasteiger partial charge is 0.0481 e. The standard InChI is InChI=1S/C8H17N3O/c9-7-5-10-11(6-7)8-1-3-12-4-2-8/h7-8,10H,1-6,9H2. The highest BCUT2D eigenvalue weighted by molar-refractivity contribution is 4.81. The third-order valence-electron chi connectivity index (χ3n) is 2.62. The van der Waals surface area contributed by atoms with E-state index in [1.807, 2.05) is 0 Å². The van der Waals surface area contributed by atoms with Gasteiger partial charge in [-0.3, -0.25) is 5.43 Å². The lowest BCUT2D eigenvalue weighted by molar-refractivity contribution is 0.0264. The molecule has 0 aromatic heterocycles. The maximum atomic E-state index is 5.80. The van der Waals surface area contributed by atoms with E-state index in [0.29, 0.717) is 12.1 Å². The van der Waals surface area contributed by atoms with Crippen LogP contribution < -0.4 is 11.2 Å². The van der Waals surface area contributed by atoms with Crippen LogP contribution in [0.25, 0.3) is 0 Å². The molecule has 2 saturated heterocycles. The van der Waals surface area contributed by atoms with Crippen molar-refractivity contribution in [2.24, 2.45) is 5.73 Å². The lowest BCUT2D eigenvalue weighted by Crippen LogP contribution is -2.43. The van der Waals surface area contributed by atoms with Crippen molar-refractivity contribution in [3.8, 4) is 0 Å². The number of hydrogen-bond donors (Lipinski definition) is 2. The predicted octanol–water partition coefficient (Wildman–Crippen LogP) is -0.687. The fraction of sp³-hybridized carbons (Fsp3) is 1.00. The summed E-state index contributed by atoms with van der Waals surface area (Å²) in [5, 5.41) is 2.28. The fourth-order valence-corrected chi connectivity index (χ4v) is 1.89. The molecule has 2 fully saturated rings. The van der Waals surface area contributed by atoms with Crippen LogP contribution >= 0.6 is 0 Å². The number of hydrogen-bond acceptors (Lipinski definition) is 4. The molecular weight excluding hydrogens is 154 g/mol. The van der Waals surface area contributed by atoms with Gasteiger partial charge in [-0.15, -0.1) is 0 Å². The van der Waals surface area contributed by atoms with E-state index in [-0.39, 0.29) is 0 Å². The highest BCUT2D eigenvalue weighted by Crippen LogP contribution is 2.14. The predicted molar refractivity (Wildman–Crippen MR) is 46.5 cm³/mol. The quantitative estimate of drug-likeness (QED) is 0.548. The van der Waals surface area contributed by atoms with Gasteiger partial charge in [-0.2, -0.15) is 0 Å². The average molecular weight is 171 g/mol. The molecule has 1 unspecified atom stereocenters. The van der Waals surface area contributed by atoms with Gasteiger partial charge < -0.3 is 10.5 Å². The molecule has 0 bridgehead atoms. The van der Waals surface area contributed by atoms with Crippen LogP contribution in [-0.2, 0) is 4.74 Å². The average Bonchev–Trinajstić information content (AvgIpc) is 2.54. The molecule has 0 saturated carbocycles. The minimum atomic E-state index is 0.313. The minimum Gasteiger partial charge on any atom is -0.381 e. The van der Waals surface area contributed by atoms with Crippen molar-refractivity contribution in [2.45, 2.75) is 24.9 Å². The molecule has 1 atom stereocenters. The first kappa shape index (κ1) is 8.44. The van der Waals surface area contributed by atoms with Crippen molar-refractivity contribution in [3.63, 3.8) is 0 Å². The molecule has 0 amide bonds. The number of hydrazine groups is 1. The van der Waals surface area contributed by atoms with Crippen LogP contribution in [0.15, 0.2) is 0 Å². The molecule has 0 spiro atoms. The SMILES string of the molecule is NC1CNN(C2CCOCC2)C1. The van der Waals surface area contributed by atoms with Crippen molar-refractivity contribution in [2.75, 3.05) is 26.3 Å². The van der Waals surface area contributed by atoms with Crippen LogP contribution in [0.5, 0.6) is 0 Å². The third kappa shape index (κ3) is 1.77. The van der Waals surface area contributed by atoms with E-state index in [1.54, 1.807) is 0 Å². The van der Waals surface area contributed by atoms with Gasteiger partial charge in [0.05, 0.1) is 0 Å². The first-order chi connectivity index (χ1) is 5.86. The van der Waals surface area contributed by atoms with Gasteiger partial charge in [0.2, 0.25) is 0 Å². The summed E-state index contributed by atoms with van der Waals surface area (Å²) in [6.07, 6.45) is 2.28. The van der Waals surface area contributed by atoms with E-state index < -0.39 is 0 Å². The van der Waals surface area contributed by atoms with Crippen LogP contribution in [0, 0.1) is 0 Å². The summed E-state index contributed by atoms with van der Waals surface area (Å²) in [5.41, 5.74) is 9.13. The Bertz CT molecular complexity index is 144. The molecule has 2 aliphatic heterocycles. The van der Waals surface area contributed by atoms with Gasteiger partial charge in [0.1, 0.15) is 0 Å². The first-order valence-corrected chi connectivity index (χ1v) is 4.70. The number of nitrogens with zero attached hydrogens (tertiary/aromatic N) is 1. The fourth-order valence-electron chi connectivity index (χ4n) is 1.89. The lowest BCUT2D eigenvalue weighted by Gasteiger charge is -2.30. The molecule has 2 heterocycles. The van der Waals surface area contributed by atoms with Gasteiger partial charge in [-0.1, -0.05) is 0 Å². The zero-order valence-corrected chi connectivity index (χ0v) is 7.33. The molecule has 4 heteroatoms. The summed E-state index contributed by atoms with van der Waals surface area (Å²) in [7, 11) is 0.